The van der Waals surface area contributed by atoms with Gasteiger partial charge in [-0.3, -0.25) is 4.79 Å². The van der Waals surface area contributed by atoms with Gasteiger partial charge in [0.1, 0.15) is 0 Å². The molecule has 0 aromatic heterocycles. The van der Waals surface area contributed by atoms with Gasteiger partial charge in [0.05, 0.1) is 11.8 Å². The second kappa shape index (κ2) is 4.96. The summed E-state index contributed by atoms with van der Waals surface area (Å²) < 4.78 is 26.8. The first-order chi connectivity index (χ1) is 10.2. The van der Waals surface area contributed by atoms with Gasteiger partial charge in [0.15, 0.2) is 0 Å². The standard InChI is InChI=1S/C17H29NO3S/c1-5-6-12(2)9-15(19)18-14-10-13-7-8-17(14,16(13,3)4)11-22(18,20)21/h12-14H,5-11H2,1-4H3/t12-,13?,14?,17?/m1/s1. The zero-order valence-corrected chi connectivity index (χ0v) is 15.1. The van der Waals surface area contributed by atoms with Gasteiger partial charge in [0.25, 0.3) is 0 Å². The molecule has 2 bridgehead atoms. The first kappa shape index (κ1) is 16.3. The third-order valence-electron chi connectivity index (χ3n) is 6.96. The molecule has 1 amide bonds. The minimum atomic E-state index is -3.44. The van der Waals surface area contributed by atoms with Crippen molar-refractivity contribution in [2.24, 2.45) is 22.7 Å². The molecular weight excluding hydrogens is 298 g/mol. The Morgan fingerprint density at radius 3 is 2.64 bits per heavy atom. The fourth-order valence-corrected chi connectivity index (χ4v) is 8.16. The van der Waals surface area contributed by atoms with E-state index in [1.54, 1.807) is 0 Å². The van der Waals surface area contributed by atoms with Crippen molar-refractivity contribution in [1.82, 2.24) is 4.31 Å². The molecule has 1 aliphatic heterocycles. The molecule has 5 heteroatoms. The molecule has 3 aliphatic rings. The van der Waals surface area contributed by atoms with Gasteiger partial charge in [0.2, 0.25) is 15.9 Å². The fraction of sp³-hybridized carbons (Fsp3) is 0.941. The van der Waals surface area contributed by atoms with E-state index in [-0.39, 0.29) is 34.4 Å². The lowest BCUT2D eigenvalue weighted by Gasteiger charge is -2.37. The zero-order valence-electron chi connectivity index (χ0n) is 14.3. The second-order valence-electron chi connectivity index (χ2n) is 8.41. The van der Waals surface area contributed by atoms with Crippen molar-refractivity contribution in [3.05, 3.63) is 0 Å². The highest BCUT2D eigenvalue weighted by Crippen LogP contribution is 2.70. The van der Waals surface area contributed by atoms with Crippen LogP contribution < -0.4 is 0 Å². The van der Waals surface area contributed by atoms with Crippen LogP contribution in [0.15, 0.2) is 0 Å². The van der Waals surface area contributed by atoms with Gasteiger partial charge in [-0.25, -0.2) is 12.7 Å². The van der Waals surface area contributed by atoms with Gasteiger partial charge < -0.3 is 0 Å². The Labute approximate surface area is 134 Å². The van der Waals surface area contributed by atoms with E-state index in [2.05, 4.69) is 20.8 Å². The molecule has 3 rings (SSSR count). The number of fused-ring (bicyclic) bond motifs is 1. The van der Waals surface area contributed by atoms with Crippen LogP contribution in [0.2, 0.25) is 0 Å². The molecule has 0 aromatic rings. The molecule has 0 N–H and O–H groups in total. The Kier molecular flexibility index (Phi) is 3.67. The molecule has 3 unspecified atom stereocenters. The van der Waals surface area contributed by atoms with Crippen molar-refractivity contribution in [1.29, 1.82) is 0 Å². The van der Waals surface area contributed by atoms with Crippen molar-refractivity contribution in [3.8, 4) is 0 Å². The van der Waals surface area contributed by atoms with Crippen molar-refractivity contribution in [3.63, 3.8) is 0 Å². The van der Waals surface area contributed by atoms with E-state index in [0.29, 0.717) is 12.3 Å². The molecule has 4 atom stereocenters. The molecule has 1 heterocycles. The molecule has 0 radical (unpaired) electrons. The molecular formula is C17H29NO3S. The van der Waals surface area contributed by atoms with Crippen LogP contribution in [0, 0.1) is 22.7 Å². The summed E-state index contributed by atoms with van der Waals surface area (Å²) in [7, 11) is -3.44. The number of hydrogen-bond acceptors (Lipinski definition) is 3. The summed E-state index contributed by atoms with van der Waals surface area (Å²) in [6.07, 6.45) is 5.33. The van der Waals surface area contributed by atoms with Crippen LogP contribution in [-0.2, 0) is 14.8 Å². The number of rotatable bonds is 4. The minimum Gasteiger partial charge on any atom is -0.274 e. The van der Waals surface area contributed by atoms with E-state index < -0.39 is 10.0 Å². The molecule has 0 aromatic carbocycles. The Hall–Kier alpha value is -0.580. The smallest absolute Gasteiger partial charge is 0.238 e. The van der Waals surface area contributed by atoms with Crippen LogP contribution in [0.3, 0.4) is 0 Å². The summed E-state index contributed by atoms with van der Waals surface area (Å²) >= 11 is 0. The van der Waals surface area contributed by atoms with Crippen molar-refractivity contribution >= 4 is 15.9 Å². The average molecular weight is 327 g/mol. The summed E-state index contributed by atoms with van der Waals surface area (Å²) in [6, 6.07) is -0.0763. The molecule has 1 saturated heterocycles. The maximum atomic E-state index is 12.7. The number of nitrogens with zero attached hydrogens (tertiary/aromatic N) is 1. The number of sulfonamides is 1. The largest absolute Gasteiger partial charge is 0.274 e. The molecule has 3 fully saturated rings. The Balaban J connectivity index is 1.89. The van der Waals surface area contributed by atoms with E-state index in [9.17, 15) is 13.2 Å². The topological polar surface area (TPSA) is 54.5 Å². The van der Waals surface area contributed by atoms with E-state index in [4.69, 9.17) is 0 Å². The van der Waals surface area contributed by atoms with Crippen molar-refractivity contribution in [2.75, 3.05) is 5.75 Å². The van der Waals surface area contributed by atoms with Crippen molar-refractivity contribution < 1.29 is 13.2 Å². The lowest BCUT2D eigenvalue weighted by Crippen LogP contribution is -2.44. The maximum Gasteiger partial charge on any atom is 0.238 e. The predicted octanol–water partition coefficient (Wildman–Crippen LogP) is 3.18. The van der Waals surface area contributed by atoms with E-state index in [0.717, 1.165) is 32.1 Å². The Morgan fingerprint density at radius 1 is 1.36 bits per heavy atom. The lowest BCUT2D eigenvalue weighted by atomic mass is 9.69. The molecule has 126 valence electrons. The third kappa shape index (κ3) is 2.00. The summed E-state index contributed by atoms with van der Waals surface area (Å²) in [5.74, 6) is 0.848. The van der Waals surface area contributed by atoms with Gasteiger partial charge in [0, 0.05) is 11.8 Å². The summed E-state index contributed by atoms with van der Waals surface area (Å²) in [6.45, 7) is 8.58. The first-order valence-corrected chi connectivity index (χ1v) is 10.3. The predicted molar refractivity (Wildman–Crippen MR) is 86.7 cm³/mol. The van der Waals surface area contributed by atoms with Gasteiger partial charge in [-0.05, 0) is 36.5 Å². The molecule has 1 spiro atoms. The van der Waals surface area contributed by atoms with Crippen molar-refractivity contribution in [2.45, 2.75) is 72.3 Å². The molecule has 4 nitrogen and oxygen atoms in total. The quantitative estimate of drug-likeness (QED) is 0.797. The van der Waals surface area contributed by atoms with Gasteiger partial charge in [-0.15, -0.1) is 0 Å². The summed E-state index contributed by atoms with van der Waals surface area (Å²) in [4.78, 5) is 12.7. The Bertz CT molecular complexity index is 583. The SMILES string of the molecule is CCC[C@@H](C)CC(=O)N1C2CC3CCC2(CS1(=O)=O)C3(C)C. The van der Waals surface area contributed by atoms with E-state index >= 15 is 0 Å². The monoisotopic (exact) mass is 327 g/mol. The highest BCUT2D eigenvalue weighted by Gasteiger charge is 2.72. The van der Waals surface area contributed by atoms with Gasteiger partial charge in [-0.2, -0.15) is 0 Å². The van der Waals surface area contributed by atoms with Crippen LogP contribution in [0.25, 0.3) is 0 Å². The lowest BCUT2D eigenvalue weighted by molar-refractivity contribution is -0.129. The number of hydrogen-bond donors (Lipinski definition) is 0. The normalized spacial score (nSPS) is 39.0. The average Bonchev–Trinajstić information content (AvgIpc) is 2.85. The Morgan fingerprint density at radius 2 is 2.05 bits per heavy atom. The number of amides is 1. The summed E-state index contributed by atoms with van der Waals surface area (Å²) in [5.41, 5.74) is -0.158. The highest BCUT2D eigenvalue weighted by molar-refractivity contribution is 7.90. The third-order valence-corrected chi connectivity index (χ3v) is 8.90. The van der Waals surface area contributed by atoms with Gasteiger partial charge in [-0.1, -0.05) is 40.5 Å². The second-order valence-corrected chi connectivity index (χ2v) is 10.3. The van der Waals surface area contributed by atoms with Crippen LogP contribution in [-0.4, -0.2) is 30.4 Å². The minimum absolute atomic E-state index is 0.0365. The molecule has 2 saturated carbocycles. The van der Waals surface area contributed by atoms with Crippen LogP contribution in [0.5, 0.6) is 0 Å². The number of carbonyl (C=O) groups is 1. The maximum absolute atomic E-state index is 12.7. The summed E-state index contributed by atoms with van der Waals surface area (Å²) in [5, 5.41) is 0. The fourth-order valence-electron chi connectivity index (χ4n) is 5.60. The zero-order chi connectivity index (χ0) is 16.3. The highest BCUT2D eigenvalue weighted by atomic mass is 32.2. The number of carbonyl (C=O) groups excluding carboxylic acids is 1. The van der Waals surface area contributed by atoms with E-state index in [1.165, 1.54) is 4.31 Å². The van der Waals surface area contributed by atoms with Crippen LogP contribution >= 0.6 is 0 Å². The van der Waals surface area contributed by atoms with Crippen LogP contribution in [0.1, 0.15) is 66.2 Å². The van der Waals surface area contributed by atoms with Gasteiger partial charge >= 0.3 is 0 Å². The molecule has 22 heavy (non-hydrogen) atoms. The first-order valence-electron chi connectivity index (χ1n) is 8.70. The molecule has 2 aliphatic carbocycles. The van der Waals surface area contributed by atoms with E-state index in [1.807, 2.05) is 6.92 Å². The van der Waals surface area contributed by atoms with Crippen LogP contribution in [0.4, 0.5) is 0 Å².